The normalized spacial score (nSPS) is 21.1. The van der Waals surface area contributed by atoms with E-state index in [0.29, 0.717) is 18.3 Å². The lowest BCUT2D eigenvalue weighted by molar-refractivity contribution is 0.142. The molecule has 1 fully saturated rings. The van der Waals surface area contributed by atoms with Crippen LogP contribution in [0.15, 0.2) is 30.3 Å². The Morgan fingerprint density at radius 2 is 1.76 bits per heavy atom. The standard InChI is InChI=1S/C15H23NO/c16-15(17)11-14(12-7-3-1-4-8-12)13-9-5-2-6-10-13/h1,3-4,7-8,13-15,17H,2,5-6,9-11,16H2. The molecule has 1 aliphatic rings. The van der Waals surface area contributed by atoms with Crippen molar-refractivity contribution in [1.82, 2.24) is 0 Å². The van der Waals surface area contributed by atoms with Crippen molar-refractivity contribution in [2.75, 3.05) is 0 Å². The predicted molar refractivity (Wildman–Crippen MR) is 70.6 cm³/mol. The molecule has 2 nitrogen and oxygen atoms in total. The van der Waals surface area contributed by atoms with Crippen molar-refractivity contribution in [3.8, 4) is 0 Å². The van der Waals surface area contributed by atoms with E-state index in [4.69, 9.17) is 5.73 Å². The minimum absolute atomic E-state index is 0.427. The van der Waals surface area contributed by atoms with Gasteiger partial charge in [0.15, 0.2) is 0 Å². The summed E-state index contributed by atoms with van der Waals surface area (Å²) < 4.78 is 0. The van der Waals surface area contributed by atoms with E-state index in [1.165, 1.54) is 37.7 Å². The second-order valence-electron chi connectivity index (χ2n) is 5.22. The minimum atomic E-state index is -0.692. The van der Waals surface area contributed by atoms with Gasteiger partial charge < -0.3 is 10.8 Å². The number of nitrogens with two attached hydrogens (primary N) is 1. The molecule has 0 bridgehead atoms. The van der Waals surface area contributed by atoms with Crippen molar-refractivity contribution in [2.24, 2.45) is 11.7 Å². The number of hydrogen-bond acceptors (Lipinski definition) is 2. The Morgan fingerprint density at radius 1 is 1.12 bits per heavy atom. The molecule has 2 atom stereocenters. The molecular formula is C15H23NO. The molecule has 0 spiro atoms. The third kappa shape index (κ3) is 3.55. The molecule has 3 N–H and O–H groups in total. The van der Waals surface area contributed by atoms with Gasteiger partial charge in [0.1, 0.15) is 6.23 Å². The lowest BCUT2D eigenvalue weighted by Gasteiger charge is -2.31. The first kappa shape index (κ1) is 12.6. The molecule has 2 rings (SSSR count). The summed E-state index contributed by atoms with van der Waals surface area (Å²) in [5.74, 6) is 1.13. The van der Waals surface area contributed by atoms with E-state index >= 15 is 0 Å². The van der Waals surface area contributed by atoms with Gasteiger partial charge in [-0.05, 0) is 36.7 Å². The first-order valence-electron chi connectivity index (χ1n) is 6.76. The lowest BCUT2D eigenvalue weighted by atomic mass is 9.75. The van der Waals surface area contributed by atoms with Gasteiger partial charge in [-0.1, -0.05) is 49.6 Å². The third-order valence-electron chi connectivity index (χ3n) is 3.94. The van der Waals surface area contributed by atoms with Gasteiger partial charge in [-0.25, -0.2) is 0 Å². The van der Waals surface area contributed by atoms with Gasteiger partial charge in [-0.2, -0.15) is 0 Å². The van der Waals surface area contributed by atoms with Crippen LogP contribution in [0, 0.1) is 5.92 Å². The topological polar surface area (TPSA) is 46.2 Å². The number of benzene rings is 1. The highest BCUT2D eigenvalue weighted by Crippen LogP contribution is 2.38. The van der Waals surface area contributed by atoms with E-state index in [-0.39, 0.29) is 0 Å². The summed E-state index contributed by atoms with van der Waals surface area (Å²) in [5, 5.41) is 9.49. The predicted octanol–water partition coefficient (Wildman–Crippen LogP) is 3.02. The fourth-order valence-corrected chi connectivity index (χ4v) is 3.10. The van der Waals surface area contributed by atoms with Crippen LogP contribution >= 0.6 is 0 Å². The van der Waals surface area contributed by atoms with Gasteiger partial charge in [0.25, 0.3) is 0 Å². The molecule has 17 heavy (non-hydrogen) atoms. The Hall–Kier alpha value is -0.860. The van der Waals surface area contributed by atoms with Crippen molar-refractivity contribution in [3.63, 3.8) is 0 Å². The van der Waals surface area contributed by atoms with Gasteiger partial charge in [-0.3, -0.25) is 0 Å². The average Bonchev–Trinajstić information content (AvgIpc) is 2.38. The largest absolute Gasteiger partial charge is 0.379 e. The lowest BCUT2D eigenvalue weighted by Crippen LogP contribution is -2.26. The highest BCUT2D eigenvalue weighted by Gasteiger charge is 2.26. The Kier molecular flexibility index (Phi) is 4.57. The summed E-state index contributed by atoms with van der Waals surface area (Å²) in [6.07, 6.45) is 6.59. The van der Waals surface area contributed by atoms with Crippen LogP contribution in [0.5, 0.6) is 0 Å². The van der Waals surface area contributed by atoms with E-state index < -0.39 is 6.23 Å². The fourth-order valence-electron chi connectivity index (χ4n) is 3.10. The van der Waals surface area contributed by atoms with Crippen LogP contribution < -0.4 is 5.73 Å². The van der Waals surface area contributed by atoms with Gasteiger partial charge in [-0.15, -0.1) is 0 Å². The summed E-state index contributed by atoms with van der Waals surface area (Å²) in [6, 6.07) is 10.5. The van der Waals surface area contributed by atoms with E-state index in [0.717, 1.165) is 0 Å². The zero-order valence-electron chi connectivity index (χ0n) is 10.4. The molecule has 1 saturated carbocycles. The van der Waals surface area contributed by atoms with Gasteiger partial charge in [0, 0.05) is 0 Å². The zero-order chi connectivity index (χ0) is 12.1. The van der Waals surface area contributed by atoms with Crippen molar-refractivity contribution >= 4 is 0 Å². The Morgan fingerprint density at radius 3 is 2.35 bits per heavy atom. The number of aliphatic hydroxyl groups excluding tert-OH is 1. The maximum Gasteiger partial charge on any atom is 0.103 e. The maximum absolute atomic E-state index is 9.49. The molecular weight excluding hydrogens is 210 g/mol. The van der Waals surface area contributed by atoms with E-state index in [9.17, 15) is 5.11 Å². The monoisotopic (exact) mass is 233 g/mol. The fraction of sp³-hybridized carbons (Fsp3) is 0.600. The van der Waals surface area contributed by atoms with Crippen LogP contribution in [-0.4, -0.2) is 11.3 Å². The maximum atomic E-state index is 9.49. The first-order valence-corrected chi connectivity index (χ1v) is 6.76. The first-order chi connectivity index (χ1) is 8.27. The van der Waals surface area contributed by atoms with Gasteiger partial charge in [0.2, 0.25) is 0 Å². The van der Waals surface area contributed by atoms with Crippen LogP contribution in [0.4, 0.5) is 0 Å². The third-order valence-corrected chi connectivity index (χ3v) is 3.94. The molecule has 1 aromatic carbocycles. The van der Waals surface area contributed by atoms with E-state index in [2.05, 4.69) is 24.3 Å². The smallest absolute Gasteiger partial charge is 0.103 e. The van der Waals surface area contributed by atoms with Crippen LogP contribution in [0.25, 0.3) is 0 Å². The second kappa shape index (κ2) is 6.18. The van der Waals surface area contributed by atoms with Crippen LogP contribution in [0.3, 0.4) is 0 Å². The number of rotatable bonds is 4. The molecule has 0 aromatic heterocycles. The highest BCUT2D eigenvalue weighted by molar-refractivity contribution is 5.20. The summed E-state index contributed by atoms with van der Waals surface area (Å²) in [7, 11) is 0. The van der Waals surface area contributed by atoms with Gasteiger partial charge in [0.05, 0.1) is 0 Å². The SMILES string of the molecule is NC(O)CC(c1ccccc1)C1CCCCC1. The number of hydrogen-bond donors (Lipinski definition) is 2. The van der Waals surface area contributed by atoms with E-state index in [1.807, 2.05) is 6.07 Å². The van der Waals surface area contributed by atoms with Crippen molar-refractivity contribution in [1.29, 1.82) is 0 Å². The summed E-state index contributed by atoms with van der Waals surface area (Å²) in [4.78, 5) is 0. The van der Waals surface area contributed by atoms with Crippen molar-refractivity contribution in [2.45, 2.75) is 50.7 Å². The van der Waals surface area contributed by atoms with Crippen LogP contribution in [-0.2, 0) is 0 Å². The molecule has 0 heterocycles. The van der Waals surface area contributed by atoms with E-state index in [1.54, 1.807) is 0 Å². The molecule has 1 aromatic rings. The summed E-state index contributed by atoms with van der Waals surface area (Å²) >= 11 is 0. The average molecular weight is 233 g/mol. The van der Waals surface area contributed by atoms with Gasteiger partial charge >= 0.3 is 0 Å². The highest BCUT2D eigenvalue weighted by atomic mass is 16.3. The molecule has 94 valence electrons. The minimum Gasteiger partial charge on any atom is -0.379 e. The quantitative estimate of drug-likeness (QED) is 0.785. The Balaban J connectivity index is 2.12. The second-order valence-corrected chi connectivity index (χ2v) is 5.22. The zero-order valence-corrected chi connectivity index (χ0v) is 10.4. The molecule has 0 aliphatic heterocycles. The molecule has 0 radical (unpaired) electrons. The van der Waals surface area contributed by atoms with Crippen molar-refractivity contribution in [3.05, 3.63) is 35.9 Å². The molecule has 0 saturated heterocycles. The van der Waals surface area contributed by atoms with Crippen LogP contribution in [0.2, 0.25) is 0 Å². The molecule has 2 heteroatoms. The molecule has 0 amide bonds. The molecule has 2 unspecified atom stereocenters. The van der Waals surface area contributed by atoms with Crippen LogP contribution in [0.1, 0.15) is 50.0 Å². The number of aliphatic hydroxyl groups is 1. The Labute approximate surface area is 104 Å². The Bertz CT molecular complexity index is 317. The van der Waals surface area contributed by atoms with Crippen molar-refractivity contribution < 1.29 is 5.11 Å². The molecule has 1 aliphatic carbocycles. The summed E-state index contributed by atoms with van der Waals surface area (Å²) in [5.41, 5.74) is 6.93. The summed E-state index contributed by atoms with van der Waals surface area (Å²) in [6.45, 7) is 0.